The average molecular weight is 594 g/mol. The van der Waals surface area contributed by atoms with Crippen LogP contribution in [0.5, 0.6) is 0 Å². The van der Waals surface area contributed by atoms with Gasteiger partial charge in [0.1, 0.15) is 0 Å². The summed E-state index contributed by atoms with van der Waals surface area (Å²) in [7, 11) is 1.52. The van der Waals surface area contributed by atoms with E-state index >= 15 is 0 Å². The molecule has 2 aliphatic heterocycles. The van der Waals surface area contributed by atoms with Crippen LogP contribution in [0.15, 0.2) is 24.3 Å². The van der Waals surface area contributed by atoms with Crippen molar-refractivity contribution in [3.63, 3.8) is 0 Å². The van der Waals surface area contributed by atoms with Crippen LogP contribution in [0.3, 0.4) is 0 Å². The molecule has 4 atom stereocenters. The Labute approximate surface area is 218 Å². The number of carbonyl (C=O) groups excluding carboxylic acids is 1. The van der Waals surface area contributed by atoms with E-state index in [1.54, 1.807) is 3.58 Å². The predicted octanol–water partition coefficient (Wildman–Crippen LogP) is 7.21. The molecular weight excluding hydrogens is 544 g/mol. The summed E-state index contributed by atoms with van der Waals surface area (Å²) in [6.07, 6.45) is 11.7. The number of hydrogen-bond acceptors (Lipinski definition) is 3. The molecule has 2 bridgehead atoms. The van der Waals surface area contributed by atoms with Crippen molar-refractivity contribution in [1.29, 1.82) is 0 Å². The summed E-state index contributed by atoms with van der Waals surface area (Å²) >= 11 is -2.45. The van der Waals surface area contributed by atoms with Gasteiger partial charge in [-0.1, -0.05) is 0 Å². The fraction of sp³-hybridized carbons (Fsp3) is 0.767. The fourth-order valence-corrected chi connectivity index (χ4v) is 23.1. The molecule has 5 heteroatoms. The molecule has 1 aromatic rings. The van der Waals surface area contributed by atoms with Crippen molar-refractivity contribution in [3.8, 4) is 0 Å². The molecule has 0 aromatic heterocycles. The topological polar surface area (TPSA) is 29.5 Å². The van der Waals surface area contributed by atoms with Crippen LogP contribution in [0.25, 0.3) is 0 Å². The molecule has 1 aromatic carbocycles. The average Bonchev–Trinajstić information content (AvgIpc) is 3.17. The monoisotopic (exact) mass is 595 g/mol. The van der Waals surface area contributed by atoms with Gasteiger partial charge < -0.3 is 0 Å². The van der Waals surface area contributed by atoms with Crippen LogP contribution in [0.4, 0.5) is 4.39 Å². The molecule has 2 saturated heterocycles. The van der Waals surface area contributed by atoms with E-state index < -0.39 is 18.4 Å². The Kier molecular flexibility index (Phi) is 11.9. The summed E-state index contributed by atoms with van der Waals surface area (Å²) < 4.78 is 24.4. The van der Waals surface area contributed by atoms with Crippen molar-refractivity contribution in [2.75, 3.05) is 20.3 Å². The maximum absolute atomic E-state index is 13.0. The molecule has 198 valence electrons. The molecular formula is C30H50FNO2Sn. The first kappa shape index (κ1) is 28.9. The number of unbranched alkanes of at least 4 members (excludes halogenated alkanes) is 3. The summed E-state index contributed by atoms with van der Waals surface area (Å²) in [6.45, 7) is 7.47. The zero-order valence-electron chi connectivity index (χ0n) is 22.9. The summed E-state index contributed by atoms with van der Waals surface area (Å²) in [6, 6.07) is 10.4. The van der Waals surface area contributed by atoms with Crippen molar-refractivity contribution >= 4 is 27.9 Å². The molecule has 0 radical (unpaired) electrons. The Balaban J connectivity index is 1.89. The summed E-state index contributed by atoms with van der Waals surface area (Å²) in [5, 5.41) is 0. The fourth-order valence-electron chi connectivity index (χ4n) is 7.14. The number of alkyl halides is 1. The van der Waals surface area contributed by atoms with Gasteiger partial charge in [0.05, 0.1) is 0 Å². The number of piperidine rings is 1. The Morgan fingerprint density at radius 3 is 2.09 bits per heavy atom. The van der Waals surface area contributed by atoms with Gasteiger partial charge in [0.15, 0.2) is 0 Å². The van der Waals surface area contributed by atoms with Crippen molar-refractivity contribution in [2.45, 2.75) is 116 Å². The van der Waals surface area contributed by atoms with Crippen LogP contribution in [0, 0.1) is 5.92 Å². The molecule has 0 N–H and O–H groups in total. The van der Waals surface area contributed by atoms with Crippen LogP contribution in [-0.4, -0.2) is 61.7 Å². The number of benzene rings is 1. The summed E-state index contributed by atoms with van der Waals surface area (Å²) in [4.78, 5) is 15.5. The van der Waals surface area contributed by atoms with E-state index in [9.17, 15) is 9.18 Å². The normalized spacial score (nSPS) is 24.6. The Hall–Kier alpha value is -0.621. The van der Waals surface area contributed by atoms with Crippen LogP contribution >= 0.6 is 0 Å². The molecule has 3 rings (SSSR count). The predicted molar refractivity (Wildman–Crippen MR) is 148 cm³/mol. The Morgan fingerprint density at radius 2 is 1.57 bits per heavy atom. The van der Waals surface area contributed by atoms with Crippen molar-refractivity contribution < 1.29 is 13.9 Å². The maximum atomic E-state index is 13.0. The van der Waals surface area contributed by atoms with E-state index in [2.05, 4.69) is 49.9 Å². The second-order valence-corrected chi connectivity index (χ2v) is 24.4. The van der Waals surface area contributed by atoms with Gasteiger partial charge in [-0.2, -0.15) is 0 Å². The van der Waals surface area contributed by atoms with E-state index in [4.69, 9.17) is 4.74 Å². The third-order valence-electron chi connectivity index (χ3n) is 9.07. The standard InChI is InChI=1S/C18H23FNO2.3C4H9.Sn/c1-22-18(21)17-15(13-6-3-2-4-7-13)12-14-8-9-16(17)20(14)11-5-10-19;3*1-3-4-2;/h3-4,6-7,14-17H,5,8-12H2,1H3;3*1,3-4H2,2H3;/t14-,15+,16+,17-;;;;/m0..../s1. The second-order valence-electron chi connectivity index (χ2n) is 11.2. The summed E-state index contributed by atoms with van der Waals surface area (Å²) in [5.74, 6) is -0.0167. The van der Waals surface area contributed by atoms with E-state index in [0.717, 1.165) is 25.8 Å². The van der Waals surface area contributed by atoms with E-state index in [0.29, 0.717) is 12.5 Å². The molecule has 2 aliphatic rings. The van der Waals surface area contributed by atoms with Crippen LogP contribution in [0.1, 0.15) is 96.5 Å². The van der Waals surface area contributed by atoms with Gasteiger partial charge in [-0.05, 0) is 0 Å². The third-order valence-corrected chi connectivity index (χ3v) is 24.7. The Bertz CT molecular complexity index is 748. The first-order chi connectivity index (χ1) is 17.0. The van der Waals surface area contributed by atoms with E-state index in [-0.39, 0.29) is 30.5 Å². The molecule has 0 saturated carbocycles. The number of fused-ring (bicyclic) bond motifs is 2. The quantitative estimate of drug-likeness (QED) is 0.159. The van der Waals surface area contributed by atoms with Crippen molar-refractivity contribution in [1.82, 2.24) is 4.90 Å². The van der Waals surface area contributed by atoms with Gasteiger partial charge in [0.25, 0.3) is 0 Å². The number of nitrogens with zero attached hydrogens (tertiary/aromatic N) is 1. The van der Waals surface area contributed by atoms with Gasteiger partial charge in [-0.15, -0.1) is 0 Å². The number of halogens is 1. The third kappa shape index (κ3) is 6.83. The molecule has 0 amide bonds. The number of rotatable bonds is 15. The number of hydrogen-bond donors (Lipinski definition) is 0. The molecule has 0 unspecified atom stereocenters. The minimum atomic E-state index is -2.45. The number of esters is 1. The molecule has 0 aliphatic carbocycles. The number of carbonyl (C=O) groups is 1. The van der Waals surface area contributed by atoms with Gasteiger partial charge in [-0.3, -0.25) is 0 Å². The molecule has 3 nitrogen and oxygen atoms in total. The zero-order chi connectivity index (χ0) is 25.3. The second kappa shape index (κ2) is 14.4. The molecule has 0 spiro atoms. The zero-order valence-corrected chi connectivity index (χ0v) is 25.7. The van der Waals surface area contributed by atoms with Crippen molar-refractivity contribution in [3.05, 3.63) is 29.8 Å². The van der Waals surface area contributed by atoms with Crippen LogP contribution < -0.4 is 3.58 Å². The van der Waals surface area contributed by atoms with Crippen LogP contribution in [-0.2, 0) is 9.53 Å². The first-order valence-corrected chi connectivity index (χ1v) is 22.0. The van der Waals surface area contributed by atoms with E-state index in [1.807, 2.05) is 0 Å². The van der Waals surface area contributed by atoms with Crippen molar-refractivity contribution in [2.24, 2.45) is 5.92 Å². The first-order valence-electron chi connectivity index (χ1n) is 14.5. The van der Waals surface area contributed by atoms with Gasteiger partial charge in [0, 0.05) is 0 Å². The number of ether oxygens (including phenoxy) is 1. The number of methoxy groups -OCH3 is 1. The van der Waals surface area contributed by atoms with Gasteiger partial charge in [-0.25, -0.2) is 0 Å². The minimum absolute atomic E-state index is 0.0861. The van der Waals surface area contributed by atoms with Gasteiger partial charge >= 0.3 is 219 Å². The molecule has 2 heterocycles. The molecule has 2 fully saturated rings. The molecule has 35 heavy (non-hydrogen) atoms. The van der Waals surface area contributed by atoms with Gasteiger partial charge in [0.2, 0.25) is 0 Å². The van der Waals surface area contributed by atoms with Crippen LogP contribution in [0.2, 0.25) is 13.3 Å². The summed E-state index contributed by atoms with van der Waals surface area (Å²) in [5.41, 5.74) is 1.31. The Morgan fingerprint density at radius 1 is 0.971 bits per heavy atom. The van der Waals surface area contributed by atoms with E-state index in [1.165, 1.54) is 64.5 Å². The SMILES string of the molecule is CCC[CH2][Sn]([CH2]CCC)([CH2]CCC)[c]1ccc([C@H]2C[C@@H]3CC[C@H]([C@H]2C(=O)OC)N3CCCF)cc1.